The van der Waals surface area contributed by atoms with Crippen LogP contribution in [0.15, 0.2) is 57.2 Å². The van der Waals surface area contributed by atoms with Crippen molar-refractivity contribution in [1.82, 2.24) is 9.47 Å². The van der Waals surface area contributed by atoms with Crippen LogP contribution in [0.2, 0.25) is 0 Å². The Morgan fingerprint density at radius 3 is 2.79 bits per heavy atom. The van der Waals surface area contributed by atoms with E-state index < -0.39 is 0 Å². The monoisotopic (exact) mass is 342 g/mol. The van der Waals surface area contributed by atoms with Crippen molar-refractivity contribution in [2.24, 2.45) is 0 Å². The summed E-state index contributed by atoms with van der Waals surface area (Å²) in [6.07, 6.45) is 1.69. The quantitative estimate of drug-likeness (QED) is 0.716. The van der Waals surface area contributed by atoms with Gasteiger partial charge in [0.25, 0.3) is 11.5 Å². The van der Waals surface area contributed by atoms with Gasteiger partial charge in [-0.1, -0.05) is 6.07 Å². The molecule has 124 valence electrons. The molecule has 3 rings (SSSR count). The number of nitrogens with zero attached hydrogens (tertiary/aromatic N) is 2. The van der Waals surface area contributed by atoms with E-state index in [-0.39, 0.29) is 17.2 Å². The highest BCUT2D eigenvalue weighted by Crippen LogP contribution is 2.19. The van der Waals surface area contributed by atoms with Gasteiger partial charge in [0, 0.05) is 24.2 Å². The van der Waals surface area contributed by atoms with Crippen molar-refractivity contribution < 1.29 is 9.21 Å². The second-order valence-electron chi connectivity index (χ2n) is 5.62. The maximum absolute atomic E-state index is 12.5. The van der Waals surface area contributed by atoms with Gasteiger partial charge in [0.1, 0.15) is 5.76 Å². The minimum atomic E-state index is -0.172. The molecule has 0 N–H and O–H groups in total. The maximum Gasteiger partial charge on any atom is 0.289 e. The smallest absolute Gasteiger partial charge is 0.289 e. The first-order valence-corrected chi connectivity index (χ1v) is 8.45. The van der Waals surface area contributed by atoms with E-state index in [4.69, 9.17) is 4.42 Å². The molecule has 3 heterocycles. The summed E-state index contributed by atoms with van der Waals surface area (Å²) >= 11 is 1.64. The Morgan fingerprint density at radius 2 is 2.08 bits per heavy atom. The van der Waals surface area contributed by atoms with Gasteiger partial charge in [-0.2, -0.15) is 0 Å². The minimum absolute atomic E-state index is 0.105. The lowest BCUT2D eigenvalue weighted by Gasteiger charge is -2.15. The van der Waals surface area contributed by atoms with Gasteiger partial charge in [-0.15, -0.1) is 11.3 Å². The van der Waals surface area contributed by atoms with Crippen molar-refractivity contribution in [2.75, 3.05) is 7.05 Å². The first-order valence-electron chi connectivity index (χ1n) is 7.57. The van der Waals surface area contributed by atoms with E-state index in [9.17, 15) is 9.59 Å². The Kier molecular flexibility index (Phi) is 4.66. The van der Waals surface area contributed by atoms with Crippen LogP contribution in [-0.2, 0) is 13.1 Å². The van der Waals surface area contributed by atoms with Crippen LogP contribution in [0.1, 0.15) is 26.8 Å². The molecule has 1 amide bonds. The molecule has 5 nitrogen and oxygen atoms in total. The molecule has 0 atom stereocenters. The van der Waals surface area contributed by atoms with Crippen molar-refractivity contribution in [3.8, 4) is 0 Å². The number of aromatic nitrogens is 1. The molecular formula is C18H18N2O3S. The first kappa shape index (κ1) is 16.3. The van der Waals surface area contributed by atoms with E-state index >= 15 is 0 Å². The molecule has 24 heavy (non-hydrogen) atoms. The highest BCUT2D eigenvalue weighted by Gasteiger charge is 2.17. The average Bonchev–Trinajstić information content (AvgIpc) is 3.19. The Bertz CT molecular complexity index is 907. The Balaban J connectivity index is 1.70. The van der Waals surface area contributed by atoms with Crippen LogP contribution >= 0.6 is 11.3 Å². The van der Waals surface area contributed by atoms with Gasteiger partial charge in [-0.3, -0.25) is 9.59 Å². The zero-order valence-corrected chi connectivity index (χ0v) is 14.4. The fourth-order valence-electron chi connectivity index (χ4n) is 2.38. The third-order valence-corrected chi connectivity index (χ3v) is 4.80. The van der Waals surface area contributed by atoms with Gasteiger partial charge in [0.2, 0.25) is 0 Å². The fraction of sp³-hybridized carbons (Fsp3) is 0.222. The average molecular weight is 342 g/mol. The van der Waals surface area contributed by atoms with Gasteiger partial charge in [-0.25, -0.2) is 0 Å². The SMILES string of the molecule is Cc1ccsc1CN(C)C(=O)c1ccc(Cn2ccccc2=O)o1. The molecule has 0 radical (unpaired) electrons. The number of aryl methyl sites for hydroxylation is 1. The molecule has 0 aliphatic carbocycles. The summed E-state index contributed by atoms with van der Waals surface area (Å²) in [7, 11) is 1.76. The van der Waals surface area contributed by atoms with Crippen molar-refractivity contribution in [2.45, 2.75) is 20.0 Å². The van der Waals surface area contributed by atoms with Crippen LogP contribution in [0, 0.1) is 6.92 Å². The number of hydrogen-bond donors (Lipinski definition) is 0. The Morgan fingerprint density at radius 1 is 1.25 bits per heavy atom. The van der Waals surface area contributed by atoms with Gasteiger partial charge >= 0.3 is 0 Å². The summed E-state index contributed by atoms with van der Waals surface area (Å²) in [5.41, 5.74) is 1.08. The van der Waals surface area contributed by atoms with Crippen LogP contribution in [0.25, 0.3) is 0 Å². The summed E-state index contributed by atoms with van der Waals surface area (Å²) in [6.45, 7) is 2.89. The summed E-state index contributed by atoms with van der Waals surface area (Å²) in [4.78, 5) is 27.0. The molecule has 6 heteroatoms. The largest absolute Gasteiger partial charge is 0.454 e. The number of pyridine rings is 1. The fourth-order valence-corrected chi connectivity index (χ4v) is 3.34. The number of carbonyl (C=O) groups excluding carboxylic acids is 1. The molecule has 3 aromatic rings. The number of rotatable bonds is 5. The topological polar surface area (TPSA) is 55.5 Å². The lowest BCUT2D eigenvalue weighted by molar-refractivity contribution is 0.0752. The van der Waals surface area contributed by atoms with Gasteiger partial charge < -0.3 is 13.9 Å². The summed E-state index contributed by atoms with van der Waals surface area (Å²) in [6, 6.07) is 10.4. The van der Waals surface area contributed by atoms with Crippen LogP contribution < -0.4 is 5.56 Å². The summed E-state index contributed by atoms with van der Waals surface area (Å²) in [5, 5.41) is 2.02. The third-order valence-electron chi connectivity index (χ3n) is 3.79. The molecule has 0 aromatic carbocycles. The number of amides is 1. The standard InChI is InChI=1S/C18H18N2O3S/c1-13-8-10-24-16(13)12-19(2)18(22)15-7-6-14(23-15)11-20-9-4-3-5-17(20)21/h3-10H,11-12H2,1-2H3. The molecular weight excluding hydrogens is 324 g/mol. The molecule has 0 saturated carbocycles. The normalized spacial score (nSPS) is 10.8. The van der Waals surface area contributed by atoms with Crippen molar-refractivity contribution in [1.29, 1.82) is 0 Å². The van der Waals surface area contributed by atoms with E-state index in [1.807, 2.05) is 18.4 Å². The maximum atomic E-state index is 12.5. The molecule has 0 aliphatic heterocycles. The third kappa shape index (κ3) is 3.49. The van der Waals surface area contributed by atoms with Gasteiger partial charge in [-0.05, 0) is 42.1 Å². The Labute approximate surface area is 143 Å². The highest BCUT2D eigenvalue weighted by molar-refractivity contribution is 7.10. The van der Waals surface area contributed by atoms with Crippen molar-refractivity contribution >= 4 is 17.2 Å². The van der Waals surface area contributed by atoms with E-state index in [2.05, 4.69) is 0 Å². The summed E-state index contributed by atoms with van der Waals surface area (Å²) < 4.78 is 7.16. The second-order valence-corrected chi connectivity index (χ2v) is 6.62. The van der Waals surface area contributed by atoms with E-state index in [0.29, 0.717) is 18.8 Å². The first-order chi connectivity index (χ1) is 11.5. The van der Waals surface area contributed by atoms with E-state index in [1.54, 1.807) is 53.7 Å². The van der Waals surface area contributed by atoms with Crippen LogP contribution in [0.5, 0.6) is 0 Å². The number of hydrogen-bond acceptors (Lipinski definition) is 4. The zero-order valence-electron chi connectivity index (χ0n) is 13.6. The molecule has 0 bridgehead atoms. The molecule has 0 aliphatic rings. The van der Waals surface area contributed by atoms with E-state index in [1.165, 1.54) is 16.2 Å². The molecule has 0 fully saturated rings. The Hall–Kier alpha value is -2.60. The number of thiophene rings is 1. The molecule has 0 spiro atoms. The second kappa shape index (κ2) is 6.88. The molecule has 0 saturated heterocycles. The molecule has 0 unspecified atom stereocenters. The lowest BCUT2D eigenvalue weighted by atomic mass is 10.3. The van der Waals surface area contributed by atoms with Gasteiger partial charge in [0.15, 0.2) is 5.76 Å². The predicted molar refractivity (Wildman–Crippen MR) is 93.4 cm³/mol. The van der Waals surface area contributed by atoms with Crippen LogP contribution in [-0.4, -0.2) is 22.4 Å². The van der Waals surface area contributed by atoms with Crippen molar-refractivity contribution in [3.63, 3.8) is 0 Å². The molecule has 3 aromatic heterocycles. The zero-order chi connectivity index (χ0) is 17.1. The predicted octanol–water partition coefficient (Wildman–Crippen LogP) is 3.13. The van der Waals surface area contributed by atoms with Crippen LogP contribution in [0.3, 0.4) is 0 Å². The summed E-state index contributed by atoms with van der Waals surface area (Å²) in [5.74, 6) is 0.688. The van der Waals surface area contributed by atoms with E-state index in [0.717, 1.165) is 4.88 Å². The highest BCUT2D eigenvalue weighted by atomic mass is 32.1. The van der Waals surface area contributed by atoms with Gasteiger partial charge in [0.05, 0.1) is 13.1 Å². The van der Waals surface area contributed by atoms with Crippen molar-refractivity contribution in [3.05, 3.63) is 80.3 Å². The van der Waals surface area contributed by atoms with Crippen LogP contribution in [0.4, 0.5) is 0 Å². The minimum Gasteiger partial charge on any atom is -0.454 e. The number of carbonyl (C=O) groups is 1. The number of furan rings is 1. The lowest BCUT2D eigenvalue weighted by Crippen LogP contribution is -2.25.